The normalized spacial score (nSPS) is 23.4. The van der Waals surface area contributed by atoms with Gasteiger partial charge in [0.15, 0.2) is 0 Å². The SMILES string of the molecule is CC1(C)C(=O)N[C@H]2CCCC[C@H]2N1C(=O)Cn1nc(-c2cccs2)cc(N)c1=O. The number of amides is 2. The van der Waals surface area contributed by atoms with Crippen LogP contribution < -0.4 is 16.6 Å². The summed E-state index contributed by atoms with van der Waals surface area (Å²) in [6.45, 7) is 3.25. The van der Waals surface area contributed by atoms with Crippen molar-refractivity contribution in [2.45, 2.75) is 63.7 Å². The summed E-state index contributed by atoms with van der Waals surface area (Å²) in [5, 5.41) is 9.35. The van der Waals surface area contributed by atoms with Crippen LogP contribution in [-0.4, -0.2) is 44.1 Å². The maximum absolute atomic E-state index is 13.4. The van der Waals surface area contributed by atoms with Gasteiger partial charge in [0.1, 0.15) is 23.5 Å². The molecule has 1 saturated carbocycles. The number of hydrogen-bond acceptors (Lipinski definition) is 6. The Bertz CT molecular complexity index is 998. The lowest BCUT2D eigenvalue weighted by Crippen LogP contribution is -2.72. The highest BCUT2D eigenvalue weighted by Crippen LogP contribution is 2.33. The molecule has 2 aromatic rings. The Morgan fingerprint density at radius 2 is 2.10 bits per heavy atom. The van der Waals surface area contributed by atoms with Gasteiger partial charge in [-0.1, -0.05) is 18.9 Å². The molecule has 2 amide bonds. The number of anilines is 1. The molecule has 9 heteroatoms. The average Bonchev–Trinajstić information content (AvgIpc) is 3.20. The van der Waals surface area contributed by atoms with Gasteiger partial charge in [-0.25, -0.2) is 4.68 Å². The predicted octanol–water partition coefficient (Wildman–Crippen LogP) is 1.60. The van der Waals surface area contributed by atoms with Crippen molar-refractivity contribution in [1.82, 2.24) is 20.0 Å². The fourth-order valence-electron chi connectivity index (χ4n) is 4.37. The third-order valence-electron chi connectivity index (χ3n) is 5.86. The lowest BCUT2D eigenvalue weighted by Gasteiger charge is -2.52. The van der Waals surface area contributed by atoms with E-state index in [4.69, 9.17) is 5.73 Å². The van der Waals surface area contributed by atoms with E-state index in [1.54, 1.807) is 18.7 Å². The zero-order valence-electron chi connectivity index (χ0n) is 16.6. The van der Waals surface area contributed by atoms with Crippen molar-refractivity contribution in [3.8, 4) is 10.6 Å². The number of nitrogen functional groups attached to an aromatic ring is 1. The van der Waals surface area contributed by atoms with Crippen LogP contribution in [-0.2, 0) is 16.1 Å². The number of aromatic nitrogens is 2. The van der Waals surface area contributed by atoms with Gasteiger partial charge >= 0.3 is 0 Å². The first-order valence-electron chi connectivity index (χ1n) is 9.83. The molecular weight excluding hydrogens is 390 g/mol. The number of nitrogens with one attached hydrogen (secondary N) is 1. The number of carbonyl (C=O) groups excluding carboxylic acids is 2. The Hall–Kier alpha value is -2.68. The lowest BCUT2D eigenvalue weighted by molar-refractivity contribution is -0.158. The Balaban J connectivity index is 1.67. The molecule has 0 unspecified atom stereocenters. The fourth-order valence-corrected chi connectivity index (χ4v) is 5.05. The highest BCUT2D eigenvalue weighted by atomic mass is 32.1. The Morgan fingerprint density at radius 3 is 2.83 bits per heavy atom. The third-order valence-corrected chi connectivity index (χ3v) is 6.76. The number of thiophene rings is 1. The molecule has 1 saturated heterocycles. The topological polar surface area (TPSA) is 110 Å². The summed E-state index contributed by atoms with van der Waals surface area (Å²) in [4.78, 5) is 41.1. The number of carbonyl (C=O) groups is 2. The summed E-state index contributed by atoms with van der Waals surface area (Å²) in [7, 11) is 0. The molecule has 29 heavy (non-hydrogen) atoms. The molecule has 8 nitrogen and oxygen atoms in total. The Morgan fingerprint density at radius 1 is 1.34 bits per heavy atom. The van der Waals surface area contributed by atoms with E-state index in [1.807, 2.05) is 17.5 Å². The molecule has 2 aliphatic rings. The Labute approximate surface area is 172 Å². The van der Waals surface area contributed by atoms with Crippen molar-refractivity contribution < 1.29 is 9.59 Å². The van der Waals surface area contributed by atoms with Crippen molar-refractivity contribution in [2.24, 2.45) is 0 Å². The van der Waals surface area contributed by atoms with Gasteiger partial charge in [0, 0.05) is 6.04 Å². The van der Waals surface area contributed by atoms with Crippen LogP contribution >= 0.6 is 11.3 Å². The number of hydrogen-bond donors (Lipinski definition) is 2. The van der Waals surface area contributed by atoms with E-state index in [0.29, 0.717) is 5.69 Å². The average molecular weight is 416 g/mol. The molecule has 1 aliphatic carbocycles. The minimum Gasteiger partial charge on any atom is -0.394 e. The minimum atomic E-state index is -0.990. The van der Waals surface area contributed by atoms with E-state index in [9.17, 15) is 14.4 Å². The second-order valence-corrected chi connectivity index (χ2v) is 9.13. The summed E-state index contributed by atoms with van der Waals surface area (Å²) in [5.74, 6) is -0.458. The first kappa shape index (κ1) is 19.6. The van der Waals surface area contributed by atoms with Crippen LogP contribution in [0.15, 0.2) is 28.4 Å². The molecule has 2 aromatic heterocycles. The zero-order chi connectivity index (χ0) is 20.8. The molecule has 3 heterocycles. The maximum atomic E-state index is 13.4. The highest BCUT2D eigenvalue weighted by Gasteiger charge is 2.49. The van der Waals surface area contributed by atoms with Crippen molar-refractivity contribution in [3.05, 3.63) is 33.9 Å². The van der Waals surface area contributed by atoms with Gasteiger partial charge in [-0.05, 0) is 44.2 Å². The van der Waals surface area contributed by atoms with Crippen LogP contribution in [0, 0.1) is 0 Å². The molecule has 0 aromatic carbocycles. The minimum absolute atomic E-state index is 0.0413. The van der Waals surface area contributed by atoms with Crippen LogP contribution in [0.25, 0.3) is 10.6 Å². The lowest BCUT2D eigenvalue weighted by atomic mass is 9.82. The van der Waals surface area contributed by atoms with E-state index >= 15 is 0 Å². The molecule has 2 atom stereocenters. The van der Waals surface area contributed by atoms with Crippen molar-refractivity contribution in [3.63, 3.8) is 0 Å². The van der Waals surface area contributed by atoms with Gasteiger partial charge in [0.05, 0.1) is 10.9 Å². The fraction of sp³-hybridized carbons (Fsp3) is 0.500. The molecular formula is C20H25N5O3S. The summed E-state index contributed by atoms with van der Waals surface area (Å²) < 4.78 is 1.12. The van der Waals surface area contributed by atoms with E-state index in [-0.39, 0.29) is 36.1 Å². The van der Waals surface area contributed by atoms with Gasteiger partial charge < -0.3 is 16.0 Å². The molecule has 0 bridgehead atoms. The Kier molecular flexibility index (Phi) is 4.94. The van der Waals surface area contributed by atoms with Gasteiger partial charge in [0.2, 0.25) is 11.8 Å². The third kappa shape index (κ3) is 3.43. The molecule has 0 spiro atoms. The van der Waals surface area contributed by atoms with Gasteiger partial charge in [-0.15, -0.1) is 11.3 Å². The quantitative estimate of drug-likeness (QED) is 0.791. The number of fused-ring (bicyclic) bond motifs is 1. The monoisotopic (exact) mass is 415 g/mol. The van der Waals surface area contributed by atoms with E-state index in [2.05, 4.69) is 10.4 Å². The van der Waals surface area contributed by atoms with Crippen LogP contribution in [0.3, 0.4) is 0 Å². The molecule has 2 fully saturated rings. The number of nitrogens with zero attached hydrogens (tertiary/aromatic N) is 3. The summed E-state index contributed by atoms with van der Waals surface area (Å²) >= 11 is 1.48. The number of piperazine rings is 1. The van der Waals surface area contributed by atoms with Crippen LogP contribution in [0.5, 0.6) is 0 Å². The van der Waals surface area contributed by atoms with Gasteiger partial charge in [0.25, 0.3) is 5.56 Å². The summed E-state index contributed by atoms with van der Waals surface area (Å²) in [6, 6.07) is 5.19. The smallest absolute Gasteiger partial charge is 0.290 e. The molecule has 4 rings (SSSR count). The molecule has 1 aliphatic heterocycles. The highest BCUT2D eigenvalue weighted by molar-refractivity contribution is 7.13. The molecule has 154 valence electrons. The number of nitrogens with two attached hydrogens (primary N) is 1. The van der Waals surface area contributed by atoms with E-state index in [0.717, 1.165) is 35.2 Å². The largest absolute Gasteiger partial charge is 0.394 e. The van der Waals surface area contributed by atoms with Gasteiger partial charge in [-0.3, -0.25) is 14.4 Å². The first-order valence-corrected chi connectivity index (χ1v) is 10.7. The number of rotatable bonds is 3. The predicted molar refractivity (Wildman–Crippen MR) is 111 cm³/mol. The summed E-state index contributed by atoms with van der Waals surface area (Å²) in [6.07, 6.45) is 3.73. The van der Waals surface area contributed by atoms with Crippen molar-refractivity contribution >= 4 is 28.8 Å². The van der Waals surface area contributed by atoms with E-state index in [1.165, 1.54) is 17.4 Å². The van der Waals surface area contributed by atoms with Gasteiger partial charge in [-0.2, -0.15) is 5.10 Å². The zero-order valence-corrected chi connectivity index (χ0v) is 17.4. The van der Waals surface area contributed by atoms with Crippen LogP contribution in [0.4, 0.5) is 5.69 Å². The van der Waals surface area contributed by atoms with Crippen LogP contribution in [0.2, 0.25) is 0 Å². The molecule has 0 radical (unpaired) electrons. The molecule has 3 N–H and O–H groups in total. The van der Waals surface area contributed by atoms with Crippen molar-refractivity contribution in [2.75, 3.05) is 5.73 Å². The second kappa shape index (κ2) is 7.29. The van der Waals surface area contributed by atoms with Crippen LogP contribution in [0.1, 0.15) is 39.5 Å². The second-order valence-electron chi connectivity index (χ2n) is 8.18. The standard InChI is InChI=1S/C20H25N5O3S/c1-20(2)19(28)22-13-6-3-4-7-15(13)25(20)17(26)11-24-18(27)12(21)10-14(23-24)16-8-5-9-29-16/h5,8-10,13,15H,3-4,6-7,11,21H2,1-2H3,(H,22,28)/t13-,15+/m0/s1. The summed E-state index contributed by atoms with van der Waals surface area (Å²) in [5.41, 5.74) is 5.01. The first-order chi connectivity index (χ1) is 13.8. The maximum Gasteiger partial charge on any atom is 0.290 e. The van der Waals surface area contributed by atoms with Crippen molar-refractivity contribution in [1.29, 1.82) is 0 Å². The van der Waals surface area contributed by atoms with E-state index < -0.39 is 11.1 Å².